The molecule has 3 N–H and O–H groups in total. The smallest absolute Gasteiger partial charge is 0.0756 e. The van der Waals surface area contributed by atoms with Gasteiger partial charge in [-0.3, -0.25) is 0 Å². The Hall–Kier alpha value is -1.25. The number of nitrogens with two attached hydrogens (primary N) is 1. The van der Waals surface area contributed by atoms with Gasteiger partial charge < -0.3 is 11.2 Å². The van der Waals surface area contributed by atoms with Gasteiger partial charge in [0.05, 0.1) is 12.0 Å². The summed E-state index contributed by atoms with van der Waals surface area (Å²) >= 11 is 0. The molecule has 10 heavy (non-hydrogen) atoms. The van der Waals surface area contributed by atoms with Crippen LogP contribution in [0.4, 0.5) is 0 Å². The summed E-state index contributed by atoms with van der Waals surface area (Å²) in [5.74, 6) is 0.282. The lowest BCUT2D eigenvalue weighted by molar-refractivity contribution is 0.599. The maximum absolute atomic E-state index is 5.70. The van der Waals surface area contributed by atoms with Crippen molar-refractivity contribution in [2.75, 3.05) is 0 Å². The average Bonchev–Trinajstić information content (AvgIpc) is 2.36. The van der Waals surface area contributed by atoms with Gasteiger partial charge >= 0.3 is 0 Å². The molecule has 3 nitrogen and oxygen atoms in total. The summed E-state index contributed by atoms with van der Waals surface area (Å²) in [4.78, 5) is 0. The van der Waals surface area contributed by atoms with Crippen molar-refractivity contribution in [2.24, 2.45) is 16.8 Å². The van der Waals surface area contributed by atoms with Crippen LogP contribution in [0, 0.1) is 5.92 Å². The van der Waals surface area contributed by atoms with Crippen LogP contribution in [0.2, 0.25) is 0 Å². The van der Waals surface area contributed by atoms with Crippen LogP contribution in [0.3, 0.4) is 0 Å². The molecule has 52 valence electrons. The van der Waals surface area contributed by atoms with Gasteiger partial charge in [-0.05, 0) is 6.08 Å². The van der Waals surface area contributed by atoms with Crippen molar-refractivity contribution in [3.63, 3.8) is 0 Å². The van der Waals surface area contributed by atoms with Gasteiger partial charge in [0, 0.05) is 11.9 Å². The van der Waals surface area contributed by atoms with E-state index in [1.54, 1.807) is 0 Å². The minimum absolute atomic E-state index is 0.282. The molecule has 3 heteroatoms. The zero-order valence-electron chi connectivity index (χ0n) is 5.49. The van der Waals surface area contributed by atoms with Gasteiger partial charge in [-0.1, -0.05) is 12.2 Å². The molecule has 0 saturated carbocycles. The van der Waals surface area contributed by atoms with E-state index >= 15 is 0 Å². The van der Waals surface area contributed by atoms with Crippen LogP contribution in [-0.2, 0) is 0 Å². The zero-order valence-corrected chi connectivity index (χ0v) is 5.49. The van der Waals surface area contributed by atoms with Crippen LogP contribution in [0.15, 0.2) is 29.0 Å². The van der Waals surface area contributed by atoms with Gasteiger partial charge in [0.15, 0.2) is 0 Å². The molecule has 1 aliphatic heterocycles. The number of allylic oxidation sites excluding steroid dienone is 2. The Morgan fingerprint density at radius 3 is 3.30 bits per heavy atom. The molecule has 0 aromatic heterocycles. The maximum atomic E-state index is 5.70. The molecule has 2 rings (SSSR count). The van der Waals surface area contributed by atoms with Crippen molar-refractivity contribution < 1.29 is 0 Å². The predicted octanol–water partition coefficient (Wildman–Crippen LogP) is -0.0274. The van der Waals surface area contributed by atoms with Gasteiger partial charge in [0.25, 0.3) is 0 Å². The van der Waals surface area contributed by atoms with E-state index in [0.29, 0.717) is 6.04 Å². The van der Waals surface area contributed by atoms with Gasteiger partial charge in [0.1, 0.15) is 0 Å². The third-order valence-corrected chi connectivity index (χ3v) is 1.84. The normalized spacial score (nSPS) is 35.0. The molecule has 1 heterocycles. The summed E-state index contributed by atoms with van der Waals surface area (Å²) in [6.07, 6.45) is 7.78. The molecule has 0 aromatic rings. The second kappa shape index (κ2) is 1.87. The molecular weight excluding hydrogens is 126 g/mol. The van der Waals surface area contributed by atoms with Crippen LogP contribution in [0.25, 0.3) is 0 Å². The van der Waals surface area contributed by atoms with E-state index in [2.05, 4.69) is 16.6 Å². The molecule has 0 bridgehead atoms. The van der Waals surface area contributed by atoms with Crippen molar-refractivity contribution in [1.29, 1.82) is 0 Å². The predicted molar refractivity (Wildman–Crippen MR) is 40.3 cm³/mol. The van der Waals surface area contributed by atoms with E-state index in [-0.39, 0.29) is 5.92 Å². The quantitative estimate of drug-likeness (QED) is 0.490. The van der Waals surface area contributed by atoms with Crippen molar-refractivity contribution >= 4 is 6.21 Å². The molecule has 0 amide bonds. The second-order valence-electron chi connectivity index (χ2n) is 2.51. The summed E-state index contributed by atoms with van der Waals surface area (Å²) in [6, 6.07) is 0.296. The zero-order chi connectivity index (χ0) is 6.97. The number of fused-ring (bicyclic) bond motifs is 1. The Balaban J connectivity index is 2.30. The molecule has 0 fully saturated rings. The van der Waals surface area contributed by atoms with Crippen LogP contribution in [-0.4, -0.2) is 12.3 Å². The summed E-state index contributed by atoms with van der Waals surface area (Å²) in [7, 11) is 0. The van der Waals surface area contributed by atoms with E-state index in [9.17, 15) is 0 Å². The van der Waals surface area contributed by atoms with Crippen molar-refractivity contribution in [1.82, 2.24) is 5.43 Å². The highest BCUT2D eigenvalue weighted by Gasteiger charge is 2.24. The molecule has 2 aliphatic rings. The Morgan fingerprint density at radius 1 is 1.60 bits per heavy atom. The topological polar surface area (TPSA) is 50.4 Å². The lowest BCUT2D eigenvalue weighted by atomic mass is 9.95. The lowest BCUT2D eigenvalue weighted by Gasteiger charge is -2.17. The highest BCUT2D eigenvalue weighted by molar-refractivity contribution is 5.69. The Labute approximate surface area is 59.3 Å². The average molecular weight is 135 g/mol. The maximum Gasteiger partial charge on any atom is 0.0756 e. The van der Waals surface area contributed by atoms with Crippen molar-refractivity contribution in [3.8, 4) is 0 Å². The first-order valence-electron chi connectivity index (χ1n) is 3.30. The first kappa shape index (κ1) is 5.53. The number of rotatable bonds is 0. The minimum atomic E-state index is 0.282. The van der Waals surface area contributed by atoms with Gasteiger partial charge in [-0.2, -0.15) is 5.10 Å². The van der Waals surface area contributed by atoms with E-state index in [1.165, 1.54) is 0 Å². The lowest BCUT2D eigenvalue weighted by Crippen LogP contribution is -2.30. The van der Waals surface area contributed by atoms with Crippen molar-refractivity contribution in [2.45, 2.75) is 6.04 Å². The third kappa shape index (κ3) is 0.635. The Bertz CT molecular complexity index is 227. The number of nitrogens with one attached hydrogen (secondary N) is 1. The number of hydrazone groups is 1. The molecule has 0 radical (unpaired) electrons. The van der Waals surface area contributed by atoms with Crippen LogP contribution >= 0.6 is 0 Å². The molecule has 0 saturated heterocycles. The fraction of sp³-hybridized carbons (Fsp3) is 0.286. The Kier molecular flexibility index (Phi) is 1.03. The van der Waals surface area contributed by atoms with Crippen LogP contribution in [0.1, 0.15) is 0 Å². The highest BCUT2D eigenvalue weighted by atomic mass is 15.3. The van der Waals surface area contributed by atoms with Crippen molar-refractivity contribution in [3.05, 3.63) is 23.9 Å². The van der Waals surface area contributed by atoms with E-state index in [1.807, 2.05) is 18.4 Å². The highest BCUT2D eigenvalue weighted by Crippen LogP contribution is 2.18. The third-order valence-electron chi connectivity index (χ3n) is 1.84. The number of hydrogen-bond donors (Lipinski definition) is 2. The Morgan fingerprint density at radius 2 is 2.50 bits per heavy atom. The standard InChI is InChI=1S/C7H9N3/c8-6-2-1-3-7-5(6)4-9-10-7/h1-5,7,10H,8H2. The minimum Gasteiger partial charge on any atom is -0.401 e. The molecule has 0 aromatic carbocycles. The number of nitrogens with zero attached hydrogens (tertiary/aromatic N) is 1. The summed E-state index contributed by atoms with van der Waals surface area (Å²) in [5, 5.41) is 3.93. The molecule has 1 aliphatic carbocycles. The van der Waals surface area contributed by atoms with Gasteiger partial charge in [0.2, 0.25) is 0 Å². The van der Waals surface area contributed by atoms with Crippen LogP contribution in [0.5, 0.6) is 0 Å². The molecule has 2 unspecified atom stereocenters. The summed E-state index contributed by atoms with van der Waals surface area (Å²) < 4.78 is 0. The second-order valence-corrected chi connectivity index (χ2v) is 2.51. The number of hydrogen-bond acceptors (Lipinski definition) is 3. The fourth-order valence-electron chi connectivity index (χ4n) is 1.24. The first-order chi connectivity index (χ1) is 4.88. The van der Waals surface area contributed by atoms with Gasteiger partial charge in [-0.15, -0.1) is 0 Å². The van der Waals surface area contributed by atoms with Crippen LogP contribution < -0.4 is 11.2 Å². The SMILES string of the molecule is NC1=CC=CC2NN=CC12. The van der Waals surface area contributed by atoms with E-state index < -0.39 is 0 Å². The van der Waals surface area contributed by atoms with Gasteiger partial charge in [-0.25, -0.2) is 0 Å². The largest absolute Gasteiger partial charge is 0.401 e. The fourth-order valence-corrected chi connectivity index (χ4v) is 1.24. The molecule has 2 atom stereocenters. The molecular formula is C7H9N3. The monoisotopic (exact) mass is 135 g/mol. The first-order valence-corrected chi connectivity index (χ1v) is 3.30. The summed E-state index contributed by atoms with van der Waals surface area (Å²) in [5.41, 5.74) is 9.54. The van der Waals surface area contributed by atoms with E-state index in [4.69, 9.17) is 5.73 Å². The summed E-state index contributed by atoms with van der Waals surface area (Å²) in [6.45, 7) is 0. The molecule has 0 spiro atoms. The van der Waals surface area contributed by atoms with E-state index in [0.717, 1.165) is 5.70 Å².